The van der Waals surface area contributed by atoms with E-state index in [0.29, 0.717) is 5.82 Å². The summed E-state index contributed by atoms with van der Waals surface area (Å²) in [7, 11) is 0. The first kappa shape index (κ1) is 35.6. The quantitative estimate of drug-likeness (QED) is 0.161. The third-order valence-corrected chi connectivity index (χ3v) is 12.1. The Morgan fingerprint density at radius 2 is 0.661 bits per heavy atom. The van der Waals surface area contributed by atoms with Crippen molar-refractivity contribution in [3.8, 4) is 67.5 Å². The summed E-state index contributed by atoms with van der Waals surface area (Å²) in [6.45, 7) is 0. The summed E-state index contributed by atoms with van der Waals surface area (Å²) in [6, 6.07) is 82.2. The molecule has 3 aromatic heterocycles. The molecular formula is C58H38N4. The monoisotopic (exact) mass is 790 g/mol. The van der Waals surface area contributed by atoms with Gasteiger partial charge in [0, 0.05) is 49.6 Å². The Bertz CT molecular complexity index is 3530. The second-order valence-corrected chi connectivity index (χ2v) is 15.8. The Balaban J connectivity index is 0.982. The standard InChI is InChI=1S/C58H38N4/c1-4-15-39(16-5-1)40-27-29-41(30-28-40)45-21-14-22-47(35-45)62-55-26-13-11-24-49(55)51-36-56-50(37-57(51)62)48-23-10-12-25-54(48)61(56)46-33-31-44(32-34-46)58-59-52(42-17-6-2-7-18-42)38-53(60-58)43-19-8-3-9-20-43/h1-38H. The SMILES string of the molecule is c1ccc(-c2ccc(-c3cccc(-n4c5ccccc5c5cc6c(cc54)c4ccccc4n6-c4ccc(-c5nc(-c6ccccc6)cc(-c6ccccc6)n5)cc4)c3)cc2)cc1. The molecule has 0 radical (unpaired) electrons. The van der Waals surface area contributed by atoms with Gasteiger partial charge in [0.05, 0.1) is 33.5 Å². The van der Waals surface area contributed by atoms with Crippen LogP contribution in [0.5, 0.6) is 0 Å². The molecule has 0 saturated heterocycles. The minimum Gasteiger partial charge on any atom is -0.309 e. The first-order chi connectivity index (χ1) is 30.7. The highest BCUT2D eigenvalue weighted by Gasteiger charge is 2.19. The Morgan fingerprint density at radius 3 is 1.21 bits per heavy atom. The summed E-state index contributed by atoms with van der Waals surface area (Å²) in [6.07, 6.45) is 0. The third-order valence-electron chi connectivity index (χ3n) is 12.1. The molecule has 0 unspecified atom stereocenters. The molecular weight excluding hydrogens is 753 g/mol. The fourth-order valence-corrected chi connectivity index (χ4v) is 9.15. The Morgan fingerprint density at radius 1 is 0.242 bits per heavy atom. The number of para-hydroxylation sites is 2. The van der Waals surface area contributed by atoms with Crippen LogP contribution < -0.4 is 0 Å². The van der Waals surface area contributed by atoms with Gasteiger partial charge in [-0.3, -0.25) is 0 Å². The van der Waals surface area contributed by atoms with E-state index < -0.39 is 0 Å². The predicted molar refractivity (Wildman–Crippen MR) is 258 cm³/mol. The van der Waals surface area contributed by atoms with Gasteiger partial charge in [-0.05, 0) is 89.0 Å². The van der Waals surface area contributed by atoms with Crippen LogP contribution in [0, 0.1) is 0 Å². The van der Waals surface area contributed by atoms with Crippen molar-refractivity contribution in [1.29, 1.82) is 0 Å². The number of nitrogens with zero attached hydrogens (tertiary/aromatic N) is 4. The zero-order chi connectivity index (χ0) is 41.0. The molecule has 0 fully saturated rings. The second kappa shape index (κ2) is 14.7. The van der Waals surface area contributed by atoms with Crippen LogP contribution in [0.3, 0.4) is 0 Å². The van der Waals surface area contributed by atoms with Gasteiger partial charge in [-0.2, -0.15) is 0 Å². The van der Waals surface area contributed by atoms with Gasteiger partial charge in [-0.1, -0.05) is 164 Å². The number of aromatic nitrogens is 4. The van der Waals surface area contributed by atoms with Crippen LogP contribution in [0.25, 0.3) is 111 Å². The normalized spacial score (nSPS) is 11.5. The van der Waals surface area contributed by atoms with Gasteiger partial charge < -0.3 is 9.13 Å². The lowest BCUT2D eigenvalue weighted by atomic mass is 10.00. The van der Waals surface area contributed by atoms with Crippen molar-refractivity contribution in [2.24, 2.45) is 0 Å². The van der Waals surface area contributed by atoms with Gasteiger partial charge in [0.1, 0.15) is 0 Å². The van der Waals surface area contributed by atoms with E-state index in [0.717, 1.165) is 50.5 Å². The first-order valence-corrected chi connectivity index (χ1v) is 21.1. The second-order valence-electron chi connectivity index (χ2n) is 15.8. The summed E-state index contributed by atoms with van der Waals surface area (Å²) < 4.78 is 4.83. The van der Waals surface area contributed by atoms with Crippen LogP contribution in [0.15, 0.2) is 231 Å². The maximum absolute atomic E-state index is 5.10. The number of rotatable bonds is 7. The summed E-state index contributed by atoms with van der Waals surface area (Å²) in [5, 5.41) is 4.86. The molecule has 0 bridgehead atoms. The molecule has 3 heterocycles. The minimum absolute atomic E-state index is 0.696. The highest BCUT2D eigenvalue weighted by molar-refractivity contribution is 6.19. The third kappa shape index (κ3) is 6.08. The molecule has 0 spiro atoms. The molecule has 12 aromatic rings. The Hall–Kier alpha value is -8.34. The van der Waals surface area contributed by atoms with E-state index in [9.17, 15) is 0 Å². The molecule has 4 heteroatoms. The van der Waals surface area contributed by atoms with Gasteiger partial charge in [-0.25, -0.2) is 9.97 Å². The lowest BCUT2D eigenvalue weighted by molar-refractivity contribution is 1.16. The van der Waals surface area contributed by atoms with Crippen LogP contribution >= 0.6 is 0 Å². The fraction of sp³-hybridized carbons (Fsp3) is 0. The average Bonchev–Trinajstić information content (AvgIpc) is 3.86. The summed E-state index contributed by atoms with van der Waals surface area (Å²) in [5.41, 5.74) is 16.6. The molecule has 4 nitrogen and oxygen atoms in total. The number of fused-ring (bicyclic) bond motifs is 6. The number of benzene rings is 9. The van der Waals surface area contributed by atoms with E-state index >= 15 is 0 Å². The van der Waals surface area contributed by atoms with Crippen molar-refractivity contribution >= 4 is 43.6 Å². The smallest absolute Gasteiger partial charge is 0.160 e. The van der Waals surface area contributed by atoms with Crippen LogP contribution in [0.2, 0.25) is 0 Å². The van der Waals surface area contributed by atoms with Crippen molar-refractivity contribution in [2.45, 2.75) is 0 Å². The van der Waals surface area contributed by atoms with Crippen LogP contribution in [0.1, 0.15) is 0 Å². The number of hydrogen-bond acceptors (Lipinski definition) is 2. The minimum atomic E-state index is 0.696. The lowest BCUT2D eigenvalue weighted by Gasteiger charge is -2.12. The van der Waals surface area contributed by atoms with Crippen molar-refractivity contribution in [3.63, 3.8) is 0 Å². The number of hydrogen-bond donors (Lipinski definition) is 0. The van der Waals surface area contributed by atoms with Gasteiger partial charge in [0.25, 0.3) is 0 Å². The largest absolute Gasteiger partial charge is 0.309 e. The average molecular weight is 791 g/mol. The van der Waals surface area contributed by atoms with Gasteiger partial charge in [-0.15, -0.1) is 0 Å². The molecule has 0 aliphatic carbocycles. The molecule has 0 N–H and O–H groups in total. The summed E-state index contributed by atoms with van der Waals surface area (Å²) in [5.74, 6) is 0.696. The van der Waals surface area contributed by atoms with Crippen molar-refractivity contribution in [3.05, 3.63) is 231 Å². The molecule has 12 rings (SSSR count). The molecule has 0 amide bonds. The van der Waals surface area contributed by atoms with Crippen molar-refractivity contribution in [2.75, 3.05) is 0 Å². The highest BCUT2D eigenvalue weighted by Crippen LogP contribution is 2.40. The fourth-order valence-electron chi connectivity index (χ4n) is 9.15. The van der Waals surface area contributed by atoms with E-state index in [2.05, 4.69) is 228 Å². The van der Waals surface area contributed by atoms with Gasteiger partial charge >= 0.3 is 0 Å². The lowest BCUT2D eigenvalue weighted by Crippen LogP contribution is -1.97. The van der Waals surface area contributed by atoms with Gasteiger partial charge in [0.15, 0.2) is 5.82 Å². The molecule has 0 saturated carbocycles. The topological polar surface area (TPSA) is 35.6 Å². The predicted octanol–water partition coefficient (Wildman–Crippen LogP) is 15.0. The van der Waals surface area contributed by atoms with Crippen LogP contribution in [-0.2, 0) is 0 Å². The van der Waals surface area contributed by atoms with E-state index in [1.54, 1.807) is 0 Å². The summed E-state index contributed by atoms with van der Waals surface area (Å²) >= 11 is 0. The van der Waals surface area contributed by atoms with Gasteiger partial charge in [0.2, 0.25) is 0 Å². The van der Waals surface area contributed by atoms with Crippen LogP contribution in [-0.4, -0.2) is 19.1 Å². The maximum atomic E-state index is 5.10. The van der Waals surface area contributed by atoms with E-state index in [4.69, 9.17) is 9.97 Å². The summed E-state index contributed by atoms with van der Waals surface area (Å²) in [4.78, 5) is 10.2. The zero-order valence-electron chi connectivity index (χ0n) is 33.7. The van der Waals surface area contributed by atoms with E-state index in [1.807, 2.05) is 12.1 Å². The molecule has 0 aliphatic rings. The zero-order valence-corrected chi connectivity index (χ0v) is 33.7. The Kier molecular flexibility index (Phi) is 8.46. The molecule has 0 aliphatic heterocycles. The van der Waals surface area contributed by atoms with E-state index in [-0.39, 0.29) is 0 Å². The van der Waals surface area contributed by atoms with Crippen molar-refractivity contribution < 1.29 is 0 Å². The maximum Gasteiger partial charge on any atom is 0.160 e. The van der Waals surface area contributed by atoms with Crippen molar-refractivity contribution in [1.82, 2.24) is 19.1 Å². The first-order valence-electron chi connectivity index (χ1n) is 21.1. The highest BCUT2D eigenvalue weighted by atomic mass is 15.0. The Labute approximate surface area is 359 Å². The molecule has 9 aromatic carbocycles. The molecule has 62 heavy (non-hydrogen) atoms. The molecule has 290 valence electrons. The van der Waals surface area contributed by atoms with Crippen LogP contribution in [0.4, 0.5) is 0 Å². The van der Waals surface area contributed by atoms with E-state index in [1.165, 1.54) is 54.8 Å². The molecule has 0 atom stereocenters.